The van der Waals surface area contributed by atoms with Crippen molar-refractivity contribution in [1.29, 1.82) is 0 Å². The van der Waals surface area contributed by atoms with Crippen LogP contribution in [0.2, 0.25) is 5.02 Å². The number of carboxylic acids is 1. The van der Waals surface area contributed by atoms with E-state index < -0.39 is 17.9 Å². The number of carbonyl (C=O) groups excluding carboxylic acids is 2. The zero-order valence-electron chi connectivity index (χ0n) is 10.8. The third-order valence-corrected chi connectivity index (χ3v) is 3.65. The highest BCUT2D eigenvalue weighted by atomic mass is 35.5. The minimum absolute atomic E-state index is 0.112. The highest BCUT2D eigenvalue weighted by Crippen LogP contribution is 2.13. The van der Waals surface area contributed by atoms with E-state index in [1.54, 1.807) is 24.3 Å². The van der Waals surface area contributed by atoms with E-state index in [9.17, 15) is 14.4 Å². The van der Waals surface area contributed by atoms with E-state index in [2.05, 4.69) is 5.32 Å². The van der Waals surface area contributed by atoms with Gasteiger partial charge in [-0.3, -0.25) is 9.59 Å². The van der Waals surface area contributed by atoms with E-state index in [0.29, 0.717) is 10.6 Å². The van der Waals surface area contributed by atoms with E-state index in [4.69, 9.17) is 16.7 Å². The second kappa shape index (κ2) is 7.91. The van der Waals surface area contributed by atoms with E-state index in [1.807, 2.05) is 0 Å². The number of hydrogen-bond donors (Lipinski definition) is 2. The van der Waals surface area contributed by atoms with Gasteiger partial charge < -0.3 is 10.4 Å². The average Bonchev–Trinajstić information content (AvgIpc) is 2.37. The third kappa shape index (κ3) is 5.63. The first-order valence-corrected chi connectivity index (χ1v) is 7.30. The number of thioether (sulfide) groups is 1. The molecular weight excluding hydrogens is 302 g/mol. The van der Waals surface area contributed by atoms with Crippen molar-refractivity contribution in [2.24, 2.45) is 0 Å². The number of halogens is 1. The summed E-state index contributed by atoms with van der Waals surface area (Å²) < 4.78 is 0. The van der Waals surface area contributed by atoms with Crippen molar-refractivity contribution >= 4 is 41.0 Å². The molecule has 0 spiro atoms. The first-order chi connectivity index (χ1) is 9.40. The van der Waals surface area contributed by atoms with E-state index in [1.165, 1.54) is 6.92 Å². The number of Topliss-reactive ketones (excluding diaryl/α,β-unsaturated/α-hetero) is 1. The van der Waals surface area contributed by atoms with Gasteiger partial charge in [0.05, 0.1) is 5.75 Å². The third-order valence-electron chi connectivity index (χ3n) is 2.36. The number of rotatable bonds is 7. The van der Waals surface area contributed by atoms with Gasteiger partial charge in [-0.2, -0.15) is 11.8 Å². The fourth-order valence-electron chi connectivity index (χ4n) is 1.41. The predicted molar refractivity (Wildman–Crippen MR) is 78.3 cm³/mol. The van der Waals surface area contributed by atoms with Gasteiger partial charge in [0.1, 0.15) is 6.04 Å². The zero-order valence-corrected chi connectivity index (χ0v) is 12.3. The molecule has 0 aromatic heterocycles. The Morgan fingerprint density at radius 1 is 1.30 bits per heavy atom. The summed E-state index contributed by atoms with van der Waals surface area (Å²) in [5.41, 5.74) is 0.522. The molecule has 1 aromatic rings. The Balaban J connectivity index is 2.46. The van der Waals surface area contributed by atoms with Crippen LogP contribution in [0.1, 0.15) is 17.3 Å². The second-order valence-corrected chi connectivity index (χ2v) is 5.50. The van der Waals surface area contributed by atoms with Crippen LogP contribution in [0.25, 0.3) is 0 Å². The second-order valence-electron chi connectivity index (χ2n) is 4.04. The standard InChI is InChI=1S/C13H14ClNO4S/c1-8(16)15-11(13(18)19)6-20-7-12(17)9-2-4-10(14)5-3-9/h2-5,11H,6-7H2,1H3,(H,15,16)(H,18,19)/t11-/m1/s1. The average molecular weight is 316 g/mol. The van der Waals surface area contributed by atoms with E-state index >= 15 is 0 Å². The predicted octanol–water partition coefficient (Wildman–Crippen LogP) is 1.85. The van der Waals surface area contributed by atoms with E-state index in [0.717, 1.165) is 11.8 Å². The smallest absolute Gasteiger partial charge is 0.327 e. The van der Waals surface area contributed by atoms with Gasteiger partial charge in [-0.1, -0.05) is 11.6 Å². The van der Waals surface area contributed by atoms with Crippen LogP contribution in [0, 0.1) is 0 Å². The number of ketones is 1. The van der Waals surface area contributed by atoms with Crippen LogP contribution in [0.5, 0.6) is 0 Å². The number of hydrogen-bond acceptors (Lipinski definition) is 4. The van der Waals surface area contributed by atoms with Gasteiger partial charge in [-0.25, -0.2) is 4.79 Å². The summed E-state index contributed by atoms with van der Waals surface area (Å²) in [6, 6.07) is 5.49. The van der Waals surface area contributed by atoms with Crippen molar-refractivity contribution in [3.05, 3.63) is 34.9 Å². The molecule has 1 aromatic carbocycles. The summed E-state index contributed by atoms with van der Waals surface area (Å²) >= 11 is 6.88. The van der Waals surface area contributed by atoms with Crippen molar-refractivity contribution in [2.75, 3.05) is 11.5 Å². The van der Waals surface area contributed by atoms with Crippen LogP contribution in [0.3, 0.4) is 0 Å². The number of carboxylic acid groups (broad SMARTS) is 1. The number of nitrogens with one attached hydrogen (secondary N) is 1. The molecule has 0 saturated carbocycles. The van der Waals surface area contributed by atoms with Gasteiger partial charge in [0.15, 0.2) is 5.78 Å². The quantitative estimate of drug-likeness (QED) is 0.750. The Morgan fingerprint density at radius 3 is 2.40 bits per heavy atom. The molecule has 0 bridgehead atoms. The minimum atomic E-state index is -1.12. The van der Waals surface area contributed by atoms with E-state index in [-0.39, 0.29) is 17.3 Å². The summed E-state index contributed by atoms with van der Waals surface area (Å²) in [6.45, 7) is 1.25. The lowest BCUT2D eigenvalue weighted by Gasteiger charge is -2.12. The van der Waals surface area contributed by atoms with Gasteiger partial charge in [-0.15, -0.1) is 0 Å². The van der Waals surface area contributed by atoms with Crippen molar-refractivity contribution in [2.45, 2.75) is 13.0 Å². The van der Waals surface area contributed by atoms with Gasteiger partial charge in [0, 0.05) is 23.3 Å². The molecule has 7 heteroatoms. The number of benzene rings is 1. The molecule has 0 radical (unpaired) electrons. The molecule has 0 aliphatic rings. The Bertz CT molecular complexity index is 504. The van der Waals surface area contributed by atoms with Crippen LogP contribution in [0.15, 0.2) is 24.3 Å². The molecule has 0 fully saturated rings. The van der Waals surface area contributed by atoms with Crippen molar-refractivity contribution in [3.8, 4) is 0 Å². The highest BCUT2D eigenvalue weighted by molar-refractivity contribution is 8.00. The molecule has 1 amide bonds. The molecule has 1 atom stereocenters. The van der Waals surface area contributed by atoms with Gasteiger partial charge in [0.25, 0.3) is 0 Å². The Labute approximate surface area is 125 Å². The Kier molecular flexibility index (Phi) is 6.54. The van der Waals surface area contributed by atoms with Crippen molar-refractivity contribution < 1.29 is 19.5 Å². The first kappa shape index (κ1) is 16.5. The monoisotopic (exact) mass is 315 g/mol. The molecule has 2 N–H and O–H groups in total. The molecule has 108 valence electrons. The van der Waals surface area contributed by atoms with Crippen molar-refractivity contribution in [3.63, 3.8) is 0 Å². The fraction of sp³-hybridized carbons (Fsp3) is 0.308. The molecule has 5 nitrogen and oxygen atoms in total. The largest absolute Gasteiger partial charge is 0.480 e. The first-order valence-electron chi connectivity index (χ1n) is 5.76. The summed E-state index contributed by atoms with van der Waals surface area (Å²) in [5.74, 6) is -1.37. The van der Waals surface area contributed by atoms with Crippen molar-refractivity contribution in [1.82, 2.24) is 5.32 Å². The number of amides is 1. The number of carbonyl (C=O) groups is 3. The Morgan fingerprint density at radius 2 is 1.90 bits per heavy atom. The zero-order chi connectivity index (χ0) is 15.1. The maximum atomic E-state index is 11.8. The maximum Gasteiger partial charge on any atom is 0.327 e. The van der Waals surface area contributed by atoms with Gasteiger partial charge in [-0.05, 0) is 24.3 Å². The summed E-state index contributed by atoms with van der Waals surface area (Å²) in [5, 5.41) is 11.8. The molecule has 0 saturated heterocycles. The van der Waals surface area contributed by atoms with Crippen LogP contribution in [-0.2, 0) is 9.59 Å². The van der Waals surface area contributed by atoms with Crippen LogP contribution in [0.4, 0.5) is 0 Å². The normalized spacial score (nSPS) is 11.7. The lowest BCUT2D eigenvalue weighted by atomic mass is 10.1. The topological polar surface area (TPSA) is 83.5 Å². The number of aliphatic carboxylic acids is 1. The van der Waals surface area contributed by atoms with Gasteiger partial charge >= 0.3 is 5.97 Å². The Hall–Kier alpha value is -1.53. The molecule has 20 heavy (non-hydrogen) atoms. The molecular formula is C13H14ClNO4S. The molecule has 1 rings (SSSR count). The molecule has 0 heterocycles. The van der Waals surface area contributed by atoms with Crippen LogP contribution >= 0.6 is 23.4 Å². The lowest BCUT2D eigenvalue weighted by molar-refractivity contribution is -0.140. The molecule has 0 aliphatic heterocycles. The van der Waals surface area contributed by atoms with Crippen LogP contribution in [-0.4, -0.2) is 40.3 Å². The fourth-order valence-corrected chi connectivity index (χ4v) is 2.47. The SMILES string of the molecule is CC(=O)N[C@H](CSCC(=O)c1ccc(Cl)cc1)C(=O)O. The van der Waals surface area contributed by atoms with Gasteiger partial charge in [0.2, 0.25) is 5.91 Å². The van der Waals surface area contributed by atoms with Crippen LogP contribution < -0.4 is 5.32 Å². The molecule has 0 aliphatic carbocycles. The molecule has 0 unspecified atom stereocenters. The summed E-state index contributed by atoms with van der Waals surface area (Å²) in [4.78, 5) is 33.6. The summed E-state index contributed by atoms with van der Waals surface area (Å²) in [6.07, 6.45) is 0. The highest BCUT2D eigenvalue weighted by Gasteiger charge is 2.18. The lowest BCUT2D eigenvalue weighted by Crippen LogP contribution is -2.41. The summed E-state index contributed by atoms with van der Waals surface area (Å²) in [7, 11) is 0. The minimum Gasteiger partial charge on any atom is -0.480 e. The maximum absolute atomic E-state index is 11.8.